The number of fused-ring (bicyclic) bond motifs is 1. The van der Waals surface area contributed by atoms with Gasteiger partial charge in [-0.05, 0) is 30.9 Å². The number of hydrogen-bond acceptors (Lipinski definition) is 4. The highest BCUT2D eigenvalue weighted by molar-refractivity contribution is 5.75. The lowest BCUT2D eigenvalue weighted by molar-refractivity contribution is 0.140. The molecule has 0 saturated carbocycles. The summed E-state index contributed by atoms with van der Waals surface area (Å²) in [5.74, 6) is -0.903. The maximum atomic E-state index is 12.6. The van der Waals surface area contributed by atoms with E-state index >= 15 is 0 Å². The molecule has 2 aromatic rings. The van der Waals surface area contributed by atoms with Crippen molar-refractivity contribution in [1.82, 2.24) is 9.97 Å². The van der Waals surface area contributed by atoms with Crippen LogP contribution in [0.1, 0.15) is 30.7 Å². The van der Waals surface area contributed by atoms with E-state index < -0.39 is 35.2 Å². The summed E-state index contributed by atoms with van der Waals surface area (Å²) in [6.07, 6.45) is -3.71. The third kappa shape index (κ3) is 3.60. The molecule has 2 rings (SSSR count). The third-order valence-corrected chi connectivity index (χ3v) is 2.87. The first-order valence-electron chi connectivity index (χ1n) is 6.24. The van der Waals surface area contributed by atoms with Crippen molar-refractivity contribution in [2.45, 2.75) is 25.7 Å². The standard InChI is InChI=1S/C13H10F4N2O3/c14-7(15)4-2-1-3-6-5-8(20)22-13-9(6)12(21)18-11(19-13)10(16)17/h4-5,10H,1-3H2,(H,18,19,21). The fourth-order valence-corrected chi connectivity index (χ4v) is 1.97. The summed E-state index contributed by atoms with van der Waals surface area (Å²) in [7, 11) is 0. The van der Waals surface area contributed by atoms with Gasteiger partial charge in [0.25, 0.3) is 18.1 Å². The molecule has 2 aromatic heterocycles. The molecule has 0 fully saturated rings. The van der Waals surface area contributed by atoms with E-state index in [0.717, 1.165) is 6.07 Å². The van der Waals surface area contributed by atoms with Gasteiger partial charge in [-0.1, -0.05) is 0 Å². The molecule has 0 atom stereocenters. The molecule has 0 bridgehead atoms. The van der Waals surface area contributed by atoms with Gasteiger partial charge in [-0.15, -0.1) is 0 Å². The van der Waals surface area contributed by atoms with Crippen molar-refractivity contribution in [2.75, 3.05) is 0 Å². The van der Waals surface area contributed by atoms with Crippen molar-refractivity contribution in [2.24, 2.45) is 0 Å². The fraction of sp³-hybridized carbons (Fsp3) is 0.308. The number of alkyl halides is 2. The van der Waals surface area contributed by atoms with Gasteiger partial charge in [0.1, 0.15) is 5.39 Å². The van der Waals surface area contributed by atoms with Crippen molar-refractivity contribution < 1.29 is 22.0 Å². The molecule has 0 aliphatic rings. The summed E-state index contributed by atoms with van der Waals surface area (Å²) in [5, 5.41) is -0.131. The minimum Gasteiger partial charge on any atom is -0.403 e. The van der Waals surface area contributed by atoms with Crippen LogP contribution < -0.4 is 11.2 Å². The topological polar surface area (TPSA) is 76.0 Å². The third-order valence-electron chi connectivity index (χ3n) is 2.87. The number of rotatable bonds is 5. The lowest BCUT2D eigenvalue weighted by atomic mass is 10.1. The van der Waals surface area contributed by atoms with Crippen molar-refractivity contribution in [3.63, 3.8) is 0 Å². The molecule has 0 unspecified atom stereocenters. The molecule has 0 amide bonds. The number of hydrogen-bond donors (Lipinski definition) is 1. The number of nitrogens with zero attached hydrogens (tertiary/aromatic N) is 1. The van der Waals surface area contributed by atoms with Gasteiger partial charge in [-0.3, -0.25) is 4.79 Å². The zero-order valence-corrected chi connectivity index (χ0v) is 11.0. The fourth-order valence-electron chi connectivity index (χ4n) is 1.97. The first kappa shape index (κ1) is 15.9. The van der Waals surface area contributed by atoms with Gasteiger partial charge in [0.2, 0.25) is 5.71 Å². The predicted octanol–water partition coefficient (Wildman–Crippen LogP) is 2.92. The minimum atomic E-state index is -3.02. The first-order valence-corrected chi connectivity index (χ1v) is 6.24. The maximum absolute atomic E-state index is 12.6. The average Bonchev–Trinajstić information content (AvgIpc) is 2.42. The summed E-state index contributed by atoms with van der Waals surface area (Å²) in [4.78, 5) is 28.6. The largest absolute Gasteiger partial charge is 0.403 e. The Bertz CT molecular complexity index is 822. The zero-order valence-electron chi connectivity index (χ0n) is 11.0. The number of H-pyrrole nitrogens is 1. The van der Waals surface area contributed by atoms with E-state index in [2.05, 4.69) is 9.40 Å². The van der Waals surface area contributed by atoms with Crippen LogP contribution in [-0.4, -0.2) is 9.97 Å². The lowest BCUT2D eigenvalue weighted by Crippen LogP contribution is -2.16. The van der Waals surface area contributed by atoms with Crippen LogP contribution >= 0.6 is 0 Å². The van der Waals surface area contributed by atoms with Crippen molar-refractivity contribution in [3.8, 4) is 0 Å². The second kappa shape index (κ2) is 6.54. The van der Waals surface area contributed by atoms with Gasteiger partial charge in [0.15, 0.2) is 5.82 Å². The Morgan fingerprint density at radius 1 is 1.36 bits per heavy atom. The maximum Gasteiger partial charge on any atom is 0.337 e. The molecule has 0 radical (unpaired) electrons. The number of nitrogens with one attached hydrogen (secondary N) is 1. The number of aromatic nitrogens is 2. The minimum absolute atomic E-state index is 0.0461. The van der Waals surface area contributed by atoms with E-state index in [1.54, 1.807) is 0 Å². The van der Waals surface area contributed by atoms with Gasteiger partial charge in [0, 0.05) is 6.07 Å². The zero-order chi connectivity index (χ0) is 16.3. The quantitative estimate of drug-likeness (QED) is 0.679. The molecular formula is C13H10F4N2O3. The van der Waals surface area contributed by atoms with Crippen molar-refractivity contribution in [1.29, 1.82) is 0 Å². The van der Waals surface area contributed by atoms with Gasteiger partial charge in [-0.2, -0.15) is 13.8 Å². The predicted molar refractivity (Wildman–Crippen MR) is 69.1 cm³/mol. The Morgan fingerprint density at radius 3 is 2.73 bits per heavy atom. The Morgan fingerprint density at radius 2 is 2.09 bits per heavy atom. The SMILES string of the molecule is O=c1cc(CCCC=C(F)F)c2c(=O)[nH]c(C(F)F)nc2o1. The number of aryl methyl sites for hydroxylation is 1. The van der Waals surface area contributed by atoms with E-state index in [4.69, 9.17) is 0 Å². The first-order chi connectivity index (χ1) is 10.4. The molecule has 9 heteroatoms. The molecule has 5 nitrogen and oxygen atoms in total. The van der Waals surface area contributed by atoms with Gasteiger partial charge >= 0.3 is 5.63 Å². The second-order valence-corrected chi connectivity index (χ2v) is 4.41. The van der Waals surface area contributed by atoms with E-state index in [1.165, 1.54) is 0 Å². The Balaban J connectivity index is 2.44. The van der Waals surface area contributed by atoms with Crippen LogP contribution in [0.25, 0.3) is 11.1 Å². The summed E-state index contributed by atoms with van der Waals surface area (Å²) >= 11 is 0. The number of unbranched alkanes of at least 4 members (excludes halogenated alkanes) is 1. The van der Waals surface area contributed by atoms with Gasteiger partial charge in [-0.25, -0.2) is 13.6 Å². The van der Waals surface area contributed by atoms with Crippen molar-refractivity contribution in [3.05, 3.63) is 50.4 Å². The highest BCUT2D eigenvalue weighted by atomic mass is 19.3. The van der Waals surface area contributed by atoms with E-state index in [0.29, 0.717) is 6.08 Å². The molecular weight excluding hydrogens is 308 g/mol. The van der Waals surface area contributed by atoms with E-state index in [-0.39, 0.29) is 30.2 Å². The van der Waals surface area contributed by atoms with Crippen LogP contribution in [-0.2, 0) is 6.42 Å². The highest BCUT2D eigenvalue weighted by Gasteiger charge is 2.16. The number of allylic oxidation sites excluding steroid dienone is 1. The molecule has 0 aliphatic carbocycles. The summed E-state index contributed by atoms with van der Waals surface area (Å²) in [6, 6.07) is 1.02. The molecule has 2 heterocycles. The number of aromatic amines is 1. The molecule has 0 aromatic carbocycles. The smallest absolute Gasteiger partial charge is 0.337 e. The van der Waals surface area contributed by atoms with Crippen LogP contribution in [0, 0.1) is 0 Å². The van der Waals surface area contributed by atoms with Gasteiger partial charge < -0.3 is 9.40 Å². The average molecular weight is 318 g/mol. The summed E-state index contributed by atoms with van der Waals surface area (Å²) in [5.41, 5.74) is -2.00. The van der Waals surface area contributed by atoms with E-state index in [1.807, 2.05) is 4.98 Å². The van der Waals surface area contributed by atoms with Crippen LogP contribution in [0.4, 0.5) is 17.6 Å². The normalized spacial score (nSPS) is 11.1. The summed E-state index contributed by atoms with van der Waals surface area (Å²) in [6.45, 7) is 0. The molecule has 0 saturated heterocycles. The molecule has 0 spiro atoms. The Labute approximate surface area is 120 Å². The van der Waals surface area contributed by atoms with Gasteiger partial charge in [0.05, 0.1) is 0 Å². The van der Waals surface area contributed by atoms with Crippen LogP contribution in [0.5, 0.6) is 0 Å². The van der Waals surface area contributed by atoms with Crippen LogP contribution in [0.15, 0.2) is 32.2 Å². The molecule has 22 heavy (non-hydrogen) atoms. The van der Waals surface area contributed by atoms with Crippen LogP contribution in [0.2, 0.25) is 0 Å². The molecule has 1 N–H and O–H groups in total. The number of halogens is 4. The monoisotopic (exact) mass is 318 g/mol. The molecule has 118 valence electrons. The van der Waals surface area contributed by atoms with Crippen LogP contribution in [0.3, 0.4) is 0 Å². The van der Waals surface area contributed by atoms with E-state index in [9.17, 15) is 27.2 Å². The summed E-state index contributed by atoms with van der Waals surface area (Å²) < 4.78 is 53.7. The Kier molecular flexibility index (Phi) is 4.74. The molecule has 0 aliphatic heterocycles. The lowest BCUT2D eigenvalue weighted by Gasteiger charge is -2.05. The highest BCUT2D eigenvalue weighted by Crippen LogP contribution is 2.18. The Hall–Kier alpha value is -2.45. The second-order valence-electron chi connectivity index (χ2n) is 4.41. The van der Waals surface area contributed by atoms with Crippen molar-refractivity contribution >= 4 is 11.1 Å².